The Morgan fingerprint density at radius 3 is 1.82 bits per heavy atom. The van der Waals surface area contributed by atoms with Crippen molar-refractivity contribution in [1.29, 1.82) is 0 Å². The van der Waals surface area contributed by atoms with Gasteiger partial charge >= 0.3 is 11.9 Å². The van der Waals surface area contributed by atoms with Gasteiger partial charge in [0.1, 0.15) is 0 Å². The fourth-order valence-corrected chi connectivity index (χ4v) is 1.41. The van der Waals surface area contributed by atoms with Gasteiger partial charge in [-0.15, -0.1) is 0 Å². The van der Waals surface area contributed by atoms with E-state index >= 15 is 0 Å². The zero-order chi connectivity index (χ0) is 16.6. The van der Waals surface area contributed by atoms with E-state index in [0.29, 0.717) is 13.2 Å². The Kier molecular flexibility index (Phi) is 12.8. The van der Waals surface area contributed by atoms with Crippen LogP contribution in [0.3, 0.4) is 0 Å². The van der Waals surface area contributed by atoms with E-state index in [1.807, 2.05) is 4.90 Å². The summed E-state index contributed by atoms with van der Waals surface area (Å²) in [7, 11) is 0. The summed E-state index contributed by atoms with van der Waals surface area (Å²) in [5.74, 6) is -1.89. The van der Waals surface area contributed by atoms with Crippen molar-refractivity contribution in [2.24, 2.45) is 0 Å². The van der Waals surface area contributed by atoms with E-state index in [-0.39, 0.29) is 0 Å². The Morgan fingerprint density at radius 2 is 1.50 bits per heavy atom. The second-order valence-electron chi connectivity index (χ2n) is 4.21. The molecule has 2 rings (SSSR count). The Bertz CT molecular complexity index is 338. The van der Waals surface area contributed by atoms with Gasteiger partial charge in [-0.2, -0.15) is 0 Å². The molecule has 0 atom stereocenters. The van der Waals surface area contributed by atoms with Crippen LogP contribution in [-0.2, 0) is 19.1 Å². The van der Waals surface area contributed by atoms with Crippen molar-refractivity contribution in [3.05, 3.63) is 24.9 Å². The normalized spacial score (nSPS) is 17.5. The van der Waals surface area contributed by atoms with Gasteiger partial charge < -0.3 is 29.9 Å². The molecule has 0 aromatic rings. The average molecular weight is 316 g/mol. The van der Waals surface area contributed by atoms with Gasteiger partial charge in [0, 0.05) is 44.5 Å². The van der Waals surface area contributed by atoms with Gasteiger partial charge in [0.2, 0.25) is 0 Å². The first kappa shape index (κ1) is 20.1. The third kappa shape index (κ3) is 14.5. The Morgan fingerprint density at radius 1 is 1.00 bits per heavy atom. The lowest BCUT2D eigenvalue weighted by atomic mass is 10.4. The molecule has 0 aromatic heterocycles. The zero-order valence-electron chi connectivity index (χ0n) is 12.6. The highest BCUT2D eigenvalue weighted by Gasteiger charge is 2.05. The molecule has 0 aliphatic carbocycles. The molecule has 0 radical (unpaired) electrons. The number of hydrogen-bond donors (Lipinski definition) is 3. The lowest BCUT2D eigenvalue weighted by molar-refractivity contribution is -0.132. The van der Waals surface area contributed by atoms with Crippen LogP contribution in [0.2, 0.25) is 0 Å². The maximum atomic E-state index is 10.1. The Balaban J connectivity index is 0.000000338. The van der Waals surface area contributed by atoms with Crippen molar-refractivity contribution in [3.8, 4) is 0 Å². The monoisotopic (exact) mass is 316 g/mol. The molecule has 126 valence electrons. The minimum Gasteiger partial charge on any atom is -0.478 e. The van der Waals surface area contributed by atoms with Crippen molar-refractivity contribution >= 4 is 11.9 Å². The van der Waals surface area contributed by atoms with Crippen LogP contribution < -0.4 is 5.32 Å². The fraction of sp³-hybridized carbons (Fsp3) is 0.571. The molecule has 0 bridgehead atoms. The first-order chi connectivity index (χ1) is 10.6. The van der Waals surface area contributed by atoms with E-state index in [0.717, 1.165) is 51.5 Å². The molecule has 2 aliphatic heterocycles. The third-order valence-corrected chi connectivity index (χ3v) is 2.49. The van der Waals surface area contributed by atoms with Crippen molar-refractivity contribution < 1.29 is 29.3 Å². The number of rotatable bonds is 3. The predicted octanol–water partition coefficient (Wildman–Crippen LogP) is -0.220. The maximum Gasteiger partial charge on any atom is 0.329 e. The smallest absolute Gasteiger partial charge is 0.329 e. The summed E-state index contributed by atoms with van der Waals surface area (Å²) < 4.78 is 10.1. The molecule has 8 nitrogen and oxygen atoms in total. The van der Waals surface area contributed by atoms with Gasteiger partial charge in [-0.25, -0.2) is 9.59 Å². The number of hydrogen-bond acceptors (Lipinski definition) is 6. The summed E-state index contributed by atoms with van der Waals surface area (Å²) in [6.07, 6.45) is 3.57. The average Bonchev–Trinajstić information content (AvgIpc) is 2.56. The minimum absolute atomic E-state index is 0.684. The van der Waals surface area contributed by atoms with Crippen LogP contribution in [0.25, 0.3) is 0 Å². The number of morpholine rings is 2. The van der Waals surface area contributed by atoms with Crippen LogP contribution in [-0.4, -0.2) is 79.7 Å². The number of aliphatic carboxylic acids is 2. The highest BCUT2D eigenvalue weighted by molar-refractivity contribution is 5.79. The minimum atomic E-state index is -0.981. The van der Waals surface area contributed by atoms with E-state index < -0.39 is 11.9 Å². The van der Waals surface area contributed by atoms with Crippen molar-refractivity contribution in [2.45, 2.75) is 0 Å². The summed E-state index contributed by atoms with van der Waals surface area (Å²) in [5, 5.41) is 19.1. The SMILES string of the molecule is C1COCCN1.C=CC(=O)O.O=C(O)C=CN1CCOCC1. The van der Waals surface area contributed by atoms with E-state index in [1.165, 1.54) is 0 Å². The molecule has 0 spiro atoms. The molecule has 22 heavy (non-hydrogen) atoms. The van der Waals surface area contributed by atoms with Gasteiger partial charge in [0.05, 0.1) is 26.4 Å². The van der Waals surface area contributed by atoms with Crippen LogP contribution in [0.5, 0.6) is 0 Å². The number of ether oxygens (including phenoxy) is 2. The van der Waals surface area contributed by atoms with Gasteiger partial charge in [0.15, 0.2) is 0 Å². The fourth-order valence-electron chi connectivity index (χ4n) is 1.41. The van der Waals surface area contributed by atoms with E-state index in [2.05, 4.69) is 11.9 Å². The first-order valence-electron chi connectivity index (χ1n) is 6.93. The Hall–Kier alpha value is -1.90. The van der Waals surface area contributed by atoms with Crippen LogP contribution in [0.4, 0.5) is 0 Å². The van der Waals surface area contributed by atoms with Gasteiger partial charge in [-0.05, 0) is 0 Å². The number of carboxylic acid groups (broad SMARTS) is 2. The molecule has 3 N–H and O–H groups in total. The highest BCUT2D eigenvalue weighted by atomic mass is 16.5. The molecule has 2 heterocycles. The van der Waals surface area contributed by atoms with E-state index in [4.69, 9.17) is 19.7 Å². The molecule has 0 saturated carbocycles. The van der Waals surface area contributed by atoms with E-state index in [9.17, 15) is 9.59 Å². The second-order valence-corrected chi connectivity index (χ2v) is 4.21. The summed E-state index contributed by atoms with van der Waals surface area (Å²) in [4.78, 5) is 21.3. The second kappa shape index (κ2) is 14.1. The molecular formula is C14H24N2O6. The lowest BCUT2D eigenvalue weighted by Gasteiger charge is -2.24. The van der Waals surface area contributed by atoms with Gasteiger partial charge in [-0.1, -0.05) is 6.58 Å². The number of carbonyl (C=O) groups is 2. The van der Waals surface area contributed by atoms with Crippen LogP contribution in [0.15, 0.2) is 24.9 Å². The molecular weight excluding hydrogens is 292 g/mol. The lowest BCUT2D eigenvalue weighted by Crippen LogP contribution is -2.32. The predicted molar refractivity (Wildman–Crippen MR) is 80.7 cm³/mol. The van der Waals surface area contributed by atoms with Crippen molar-refractivity contribution in [2.75, 3.05) is 52.6 Å². The zero-order valence-corrected chi connectivity index (χ0v) is 12.6. The molecule has 0 amide bonds. The number of carboxylic acids is 2. The summed E-state index contributed by atoms with van der Waals surface area (Å²) in [6.45, 7) is 9.73. The van der Waals surface area contributed by atoms with E-state index in [1.54, 1.807) is 6.20 Å². The van der Waals surface area contributed by atoms with Crippen molar-refractivity contribution in [3.63, 3.8) is 0 Å². The summed E-state index contributed by atoms with van der Waals surface area (Å²) in [5.41, 5.74) is 0. The highest BCUT2D eigenvalue weighted by Crippen LogP contribution is 1.96. The standard InChI is InChI=1S/C7H11NO3.C4H9NO.C3H4O2/c9-7(10)1-2-8-3-5-11-6-4-8;1-3-6-4-2-5-1;1-2-3(4)5/h1-2H,3-6H2,(H,9,10);5H,1-4H2;2H,1H2,(H,4,5). The number of nitrogens with zero attached hydrogens (tertiary/aromatic N) is 1. The molecule has 0 unspecified atom stereocenters. The largest absolute Gasteiger partial charge is 0.478 e. The molecule has 2 saturated heterocycles. The molecule has 2 fully saturated rings. The van der Waals surface area contributed by atoms with Gasteiger partial charge in [-0.3, -0.25) is 0 Å². The van der Waals surface area contributed by atoms with Gasteiger partial charge in [0.25, 0.3) is 0 Å². The topological polar surface area (TPSA) is 108 Å². The Labute approximate surface area is 130 Å². The summed E-state index contributed by atoms with van der Waals surface area (Å²) >= 11 is 0. The molecule has 2 aliphatic rings. The third-order valence-electron chi connectivity index (χ3n) is 2.49. The quantitative estimate of drug-likeness (QED) is 0.613. The van der Waals surface area contributed by atoms with Crippen LogP contribution in [0, 0.1) is 0 Å². The summed E-state index contributed by atoms with van der Waals surface area (Å²) in [6, 6.07) is 0. The molecule has 0 aromatic carbocycles. The van der Waals surface area contributed by atoms with Crippen LogP contribution in [0.1, 0.15) is 0 Å². The first-order valence-corrected chi connectivity index (χ1v) is 6.93. The maximum absolute atomic E-state index is 10.1. The number of nitrogens with one attached hydrogen (secondary N) is 1. The van der Waals surface area contributed by atoms with Crippen LogP contribution >= 0.6 is 0 Å². The molecule has 8 heteroatoms. The van der Waals surface area contributed by atoms with Crippen molar-refractivity contribution in [1.82, 2.24) is 10.2 Å².